The lowest BCUT2D eigenvalue weighted by Crippen LogP contribution is -2.44. The molecule has 32 heavy (non-hydrogen) atoms. The number of hydrogen-bond donors (Lipinski definition) is 0. The highest BCUT2D eigenvalue weighted by Crippen LogP contribution is 2.34. The predicted molar refractivity (Wildman–Crippen MR) is 118 cm³/mol. The van der Waals surface area contributed by atoms with Gasteiger partial charge in [-0.3, -0.25) is 14.5 Å². The van der Waals surface area contributed by atoms with Gasteiger partial charge < -0.3 is 4.90 Å². The van der Waals surface area contributed by atoms with Gasteiger partial charge in [-0.1, -0.05) is 17.7 Å². The minimum Gasteiger partial charge on any atom is -0.314 e. The summed E-state index contributed by atoms with van der Waals surface area (Å²) in [4.78, 5) is 28.5. The Hall–Kier alpha value is -2.78. The Balaban J connectivity index is 1.55. The number of carbonyl (C=O) groups excluding carboxylic acids is 2. The van der Waals surface area contributed by atoms with Crippen LogP contribution >= 0.6 is 0 Å². The molecule has 0 aromatic heterocycles. The molecule has 2 aromatic carbocycles. The summed E-state index contributed by atoms with van der Waals surface area (Å²) < 4.78 is 41.6. The van der Waals surface area contributed by atoms with Gasteiger partial charge in [-0.25, -0.2) is 12.8 Å². The van der Waals surface area contributed by atoms with Crippen LogP contribution in [-0.4, -0.2) is 55.2 Å². The zero-order valence-electron chi connectivity index (χ0n) is 18.3. The van der Waals surface area contributed by atoms with Crippen molar-refractivity contribution in [2.45, 2.75) is 44.6 Å². The van der Waals surface area contributed by atoms with Crippen LogP contribution in [-0.2, 0) is 19.6 Å². The first kappa shape index (κ1) is 22.4. The van der Waals surface area contributed by atoms with Crippen LogP contribution in [0.2, 0.25) is 0 Å². The van der Waals surface area contributed by atoms with Gasteiger partial charge in [0.2, 0.25) is 21.8 Å². The van der Waals surface area contributed by atoms with Crippen LogP contribution in [0.3, 0.4) is 0 Å². The van der Waals surface area contributed by atoms with Crippen molar-refractivity contribution < 1.29 is 22.4 Å². The SMILES string of the molecule is Cc1cc(C)c(S(=O)(=O)N(CC(=O)N2CC(=O)N(c3ccc(F)cc3)C2)C2CC2)c(C)c1. The largest absolute Gasteiger partial charge is 0.314 e. The highest BCUT2D eigenvalue weighted by Gasteiger charge is 2.42. The fraction of sp³-hybridized carbons (Fsp3) is 0.391. The molecule has 0 atom stereocenters. The van der Waals surface area contributed by atoms with Crippen molar-refractivity contribution in [3.05, 3.63) is 58.9 Å². The Morgan fingerprint density at radius 1 is 1.09 bits per heavy atom. The number of carbonyl (C=O) groups is 2. The van der Waals surface area contributed by atoms with Crippen LogP contribution in [0.15, 0.2) is 41.3 Å². The lowest BCUT2D eigenvalue weighted by Gasteiger charge is -2.26. The molecule has 2 fully saturated rings. The molecular formula is C23H26FN3O4S. The molecule has 1 saturated heterocycles. The molecule has 1 aliphatic carbocycles. The Labute approximate surface area is 187 Å². The first-order chi connectivity index (χ1) is 15.1. The van der Waals surface area contributed by atoms with Gasteiger partial charge in [-0.15, -0.1) is 0 Å². The molecule has 4 rings (SSSR count). The van der Waals surface area contributed by atoms with Gasteiger partial charge in [0, 0.05) is 11.7 Å². The third-order valence-corrected chi connectivity index (χ3v) is 8.05. The van der Waals surface area contributed by atoms with Crippen molar-refractivity contribution in [3.8, 4) is 0 Å². The maximum absolute atomic E-state index is 13.5. The highest BCUT2D eigenvalue weighted by atomic mass is 32.2. The topological polar surface area (TPSA) is 78.0 Å². The Morgan fingerprint density at radius 3 is 2.25 bits per heavy atom. The second-order valence-corrected chi connectivity index (χ2v) is 10.4. The number of sulfonamides is 1. The number of halogens is 1. The molecule has 2 aliphatic rings. The Morgan fingerprint density at radius 2 is 1.69 bits per heavy atom. The second-order valence-electron chi connectivity index (χ2n) is 8.54. The molecule has 0 spiro atoms. The summed E-state index contributed by atoms with van der Waals surface area (Å²) in [5.74, 6) is -1.14. The van der Waals surface area contributed by atoms with E-state index < -0.39 is 21.7 Å². The summed E-state index contributed by atoms with van der Waals surface area (Å²) in [5, 5.41) is 0. The van der Waals surface area contributed by atoms with E-state index in [9.17, 15) is 22.4 Å². The van der Waals surface area contributed by atoms with E-state index >= 15 is 0 Å². The van der Waals surface area contributed by atoms with Crippen LogP contribution in [0.25, 0.3) is 0 Å². The Kier molecular flexibility index (Phi) is 5.81. The van der Waals surface area contributed by atoms with Crippen LogP contribution < -0.4 is 4.90 Å². The molecule has 0 bridgehead atoms. The quantitative estimate of drug-likeness (QED) is 0.666. The number of hydrogen-bond acceptors (Lipinski definition) is 4. The third kappa shape index (κ3) is 4.27. The van der Waals surface area contributed by atoms with Gasteiger partial charge in [-0.05, 0) is 69.0 Å². The van der Waals surface area contributed by atoms with Crippen molar-refractivity contribution in [1.82, 2.24) is 9.21 Å². The molecule has 9 heteroatoms. The van der Waals surface area contributed by atoms with Crippen molar-refractivity contribution in [3.63, 3.8) is 0 Å². The molecule has 1 heterocycles. The highest BCUT2D eigenvalue weighted by molar-refractivity contribution is 7.89. The molecule has 170 valence electrons. The smallest absolute Gasteiger partial charge is 0.248 e. The summed E-state index contributed by atoms with van der Waals surface area (Å²) >= 11 is 0. The van der Waals surface area contributed by atoms with Crippen LogP contribution in [0.5, 0.6) is 0 Å². The van der Waals surface area contributed by atoms with E-state index in [0.717, 1.165) is 5.56 Å². The number of rotatable bonds is 6. The Bertz CT molecular complexity index is 1150. The lowest BCUT2D eigenvalue weighted by atomic mass is 10.1. The molecule has 0 radical (unpaired) electrons. The maximum atomic E-state index is 13.5. The minimum absolute atomic E-state index is 0.00441. The third-order valence-electron chi connectivity index (χ3n) is 5.85. The van der Waals surface area contributed by atoms with Crippen LogP contribution in [0.4, 0.5) is 10.1 Å². The summed E-state index contributed by atoms with van der Waals surface area (Å²) in [5.41, 5.74) is 2.77. The van der Waals surface area contributed by atoms with Gasteiger partial charge in [0.1, 0.15) is 19.0 Å². The van der Waals surface area contributed by atoms with E-state index in [2.05, 4.69) is 0 Å². The fourth-order valence-corrected chi connectivity index (χ4v) is 6.31. The number of amides is 2. The van der Waals surface area contributed by atoms with Crippen molar-refractivity contribution >= 4 is 27.5 Å². The van der Waals surface area contributed by atoms with Gasteiger partial charge in [0.05, 0.1) is 11.4 Å². The molecule has 0 unspecified atom stereocenters. The van der Waals surface area contributed by atoms with Crippen LogP contribution in [0, 0.1) is 26.6 Å². The van der Waals surface area contributed by atoms with Gasteiger partial charge in [0.15, 0.2) is 0 Å². The van der Waals surface area contributed by atoms with E-state index in [4.69, 9.17) is 0 Å². The number of nitrogens with zero attached hydrogens (tertiary/aromatic N) is 3. The number of anilines is 1. The first-order valence-electron chi connectivity index (χ1n) is 10.5. The summed E-state index contributed by atoms with van der Waals surface area (Å²) in [7, 11) is -3.88. The lowest BCUT2D eigenvalue weighted by molar-refractivity contribution is -0.132. The van der Waals surface area contributed by atoms with E-state index in [0.29, 0.717) is 29.7 Å². The van der Waals surface area contributed by atoms with Crippen molar-refractivity contribution in [2.24, 2.45) is 0 Å². The zero-order valence-corrected chi connectivity index (χ0v) is 19.2. The minimum atomic E-state index is -3.88. The van der Waals surface area contributed by atoms with Crippen molar-refractivity contribution in [2.75, 3.05) is 24.7 Å². The summed E-state index contributed by atoms with van der Waals surface area (Å²) in [6.45, 7) is 4.99. The fourth-order valence-electron chi connectivity index (χ4n) is 4.26. The van der Waals surface area contributed by atoms with Gasteiger partial charge >= 0.3 is 0 Å². The summed E-state index contributed by atoms with van der Waals surface area (Å²) in [6.07, 6.45) is 1.41. The molecule has 1 aliphatic heterocycles. The van der Waals surface area contributed by atoms with Gasteiger partial charge in [-0.2, -0.15) is 4.31 Å². The molecular weight excluding hydrogens is 433 g/mol. The monoisotopic (exact) mass is 459 g/mol. The first-order valence-corrected chi connectivity index (χ1v) is 12.0. The van der Waals surface area contributed by atoms with Gasteiger partial charge in [0.25, 0.3) is 0 Å². The van der Waals surface area contributed by atoms with Crippen LogP contribution in [0.1, 0.15) is 29.5 Å². The van der Waals surface area contributed by atoms with E-state index in [1.165, 1.54) is 38.4 Å². The summed E-state index contributed by atoms with van der Waals surface area (Å²) in [6, 6.07) is 8.90. The second kappa shape index (κ2) is 8.29. The van der Waals surface area contributed by atoms with Crippen molar-refractivity contribution in [1.29, 1.82) is 0 Å². The molecule has 7 nitrogen and oxygen atoms in total. The van der Waals surface area contributed by atoms with E-state index in [1.807, 2.05) is 19.1 Å². The molecule has 2 aromatic rings. The standard InChI is InChI=1S/C23H26FN3O4S/c1-15-10-16(2)23(17(3)11-15)32(30,31)27(20-8-9-20)13-21(28)25-12-22(29)26(14-25)19-6-4-18(24)5-7-19/h4-7,10-11,20H,8-9,12-14H2,1-3H3. The maximum Gasteiger partial charge on any atom is 0.248 e. The average molecular weight is 460 g/mol. The molecule has 0 N–H and O–H groups in total. The van der Waals surface area contributed by atoms with E-state index in [-0.39, 0.29) is 36.6 Å². The number of aryl methyl sites for hydroxylation is 3. The zero-order chi connectivity index (χ0) is 23.2. The number of benzene rings is 2. The molecule has 1 saturated carbocycles. The predicted octanol–water partition coefficient (Wildman–Crippen LogP) is 2.74. The average Bonchev–Trinajstić information content (AvgIpc) is 3.46. The van der Waals surface area contributed by atoms with E-state index in [1.54, 1.807) is 13.8 Å². The molecule has 2 amide bonds. The normalized spacial score (nSPS) is 16.8.